The molecule has 1 rings (SSSR count). The van der Waals surface area contributed by atoms with Gasteiger partial charge in [-0.1, -0.05) is 26.0 Å². The third-order valence-corrected chi connectivity index (χ3v) is 2.80. The Balaban J connectivity index is 2.47. The second kappa shape index (κ2) is 7.30. The number of aliphatic hydroxyl groups is 1. The average molecular weight is 238 g/mol. The largest absolute Gasteiger partial charge is 0.394 e. The monoisotopic (exact) mass is 238 g/mol. The number of hydrogen-bond acceptors (Lipinski definition) is 4. The van der Waals surface area contributed by atoms with E-state index < -0.39 is 0 Å². The first-order valence-electron chi connectivity index (χ1n) is 5.36. The lowest BCUT2D eigenvalue weighted by atomic mass is 10.2. The van der Waals surface area contributed by atoms with Crippen molar-refractivity contribution in [2.24, 2.45) is 5.10 Å². The molecule has 0 radical (unpaired) electrons. The highest BCUT2D eigenvalue weighted by molar-refractivity contribution is 7.99. The predicted molar refractivity (Wildman–Crippen MR) is 70.1 cm³/mol. The Hall–Kier alpha value is -1.00. The predicted octanol–water partition coefficient (Wildman–Crippen LogP) is 2.10. The maximum Gasteiger partial charge on any atom is 0.0620 e. The molecule has 16 heavy (non-hydrogen) atoms. The summed E-state index contributed by atoms with van der Waals surface area (Å²) in [4.78, 5) is 1.27. The second-order valence-corrected chi connectivity index (χ2v) is 5.28. The van der Waals surface area contributed by atoms with E-state index in [1.54, 1.807) is 6.21 Å². The van der Waals surface area contributed by atoms with E-state index in [9.17, 15) is 0 Å². The molecule has 3 nitrogen and oxygen atoms in total. The van der Waals surface area contributed by atoms with Gasteiger partial charge in [-0.3, -0.25) is 0 Å². The van der Waals surface area contributed by atoms with Crippen LogP contribution in [0.25, 0.3) is 0 Å². The van der Waals surface area contributed by atoms with Gasteiger partial charge >= 0.3 is 0 Å². The summed E-state index contributed by atoms with van der Waals surface area (Å²) in [5, 5.41) is 13.1. The van der Waals surface area contributed by atoms with Gasteiger partial charge in [0, 0.05) is 10.1 Å². The van der Waals surface area contributed by atoms with E-state index in [-0.39, 0.29) is 6.61 Å². The van der Waals surface area contributed by atoms with Crippen molar-refractivity contribution in [1.82, 2.24) is 5.43 Å². The fourth-order valence-corrected chi connectivity index (χ4v) is 1.98. The van der Waals surface area contributed by atoms with Gasteiger partial charge in [0.25, 0.3) is 0 Å². The standard InChI is InChI=1S/C12H18N2OS/c1-10(2)16-12-5-3-11(4-6-12)9-14-13-7-8-15/h3-6,9-10,13,15H,7-8H2,1-2H3. The summed E-state index contributed by atoms with van der Waals surface area (Å²) in [6.07, 6.45) is 1.75. The van der Waals surface area contributed by atoms with Crippen LogP contribution in [0.3, 0.4) is 0 Å². The maximum atomic E-state index is 8.54. The Morgan fingerprint density at radius 2 is 2.06 bits per heavy atom. The van der Waals surface area contributed by atoms with E-state index in [0.29, 0.717) is 11.8 Å². The summed E-state index contributed by atoms with van der Waals surface area (Å²) in [6, 6.07) is 8.26. The second-order valence-electron chi connectivity index (χ2n) is 3.63. The van der Waals surface area contributed by atoms with E-state index >= 15 is 0 Å². The highest BCUT2D eigenvalue weighted by Gasteiger charge is 1.97. The molecular formula is C12H18N2OS. The molecule has 0 aliphatic heterocycles. The Labute approximate surface area is 101 Å². The molecule has 1 aromatic rings. The summed E-state index contributed by atoms with van der Waals surface area (Å²) >= 11 is 1.85. The van der Waals surface area contributed by atoms with Gasteiger partial charge in [0.2, 0.25) is 0 Å². The third-order valence-electron chi connectivity index (χ3n) is 1.78. The molecule has 0 fully saturated rings. The molecular weight excluding hydrogens is 220 g/mol. The molecule has 4 heteroatoms. The van der Waals surface area contributed by atoms with Crippen LogP contribution in [0.5, 0.6) is 0 Å². The number of aliphatic hydroxyl groups excluding tert-OH is 1. The van der Waals surface area contributed by atoms with Crippen LogP contribution in [0.15, 0.2) is 34.3 Å². The van der Waals surface area contributed by atoms with Crippen molar-refractivity contribution in [2.75, 3.05) is 13.2 Å². The summed E-state index contributed by atoms with van der Waals surface area (Å²) in [5.74, 6) is 0. The Morgan fingerprint density at radius 1 is 1.38 bits per heavy atom. The number of nitrogens with zero attached hydrogens (tertiary/aromatic N) is 1. The fourth-order valence-electron chi connectivity index (χ4n) is 1.14. The number of rotatable bonds is 6. The summed E-state index contributed by atoms with van der Waals surface area (Å²) in [5.41, 5.74) is 3.80. The zero-order chi connectivity index (χ0) is 11.8. The number of benzene rings is 1. The van der Waals surface area contributed by atoms with Crippen molar-refractivity contribution in [3.05, 3.63) is 29.8 Å². The first kappa shape index (κ1) is 13.1. The lowest BCUT2D eigenvalue weighted by Gasteiger charge is -2.04. The minimum Gasteiger partial charge on any atom is -0.394 e. The summed E-state index contributed by atoms with van der Waals surface area (Å²) < 4.78 is 0. The van der Waals surface area contributed by atoms with Gasteiger partial charge in [-0.25, -0.2) is 0 Å². The molecule has 88 valence electrons. The highest BCUT2D eigenvalue weighted by Crippen LogP contribution is 2.22. The van der Waals surface area contributed by atoms with Crippen LogP contribution in [-0.4, -0.2) is 29.7 Å². The zero-order valence-corrected chi connectivity index (χ0v) is 10.5. The molecule has 2 N–H and O–H groups in total. The SMILES string of the molecule is CC(C)Sc1ccc(C=NNCCO)cc1. The van der Waals surface area contributed by atoms with Gasteiger partial charge in [0.15, 0.2) is 0 Å². The Bertz CT molecular complexity index is 322. The first-order valence-corrected chi connectivity index (χ1v) is 6.24. The quantitative estimate of drug-likeness (QED) is 0.345. The number of hydrazone groups is 1. The number of thioether (sulfide) groups is 1. The van der Waals surface area contributed by atoms with Gasteiger partial charge in [-0.05, 0) is 17.7 Å². The van der Waals surface area contributed by atoms with Crippen molar-refractivity contribution < 1.29 is 5.11 Å². The van der Waals surface area contributed by atoms with Crippen LogP contribution in [0, 0.1) is 0 Å². The summed E-state index contributed by atoms with van der Waals surface area (Å²) in [7, 11) is 0. The lowest BCUT2D eigenvalue weighted by Crippen LogP contribution is -2.11. The zero-order valence-electron chi connectivity index (χ0n) is 9.68. The highest BCUT2D eigenvalue weighted by atomic mass is 32.2. The van der Waals surface area contributed by atoms with Crippen molar-refractivity contribution in [2.45, 2.75) is 24.0 Å². The van der Waals surface area contributed by atoms with E-state index in [4.69, 9.17) is 5.11 Å². The Kier molecular flexibility index (Phi) is 5.96. The molecule has 0 saturated heterocycles. The van der Waals surface area contributed by atoms with Crippen molar-refractivity contribution >= 4 is 18.0 Å². The maximum absolute atomic E-state index is 8.54. The van der Waals surface area contributed by atoms with Gasteiger partial charge in [0.1, 0.15) is 0 Å². The first-order chi connectivity index (χ1) is 7.72. The minimum atomic E-state index is 0.0985. The van der Waals surface area contributed by atoms with Gasteiger partial charge < -0.3 is 10.5 Å². The molecule has 0 spiro atoms. The molecule has 0 saturated carbocycles. The molecule has 0 atom stereocenters. The van der Waals surface area contributed by atoms with Crippen LogP contribution >= 0.6 is 11.8 Å². The average Bonchev–Trinajstić information content (AvgIpc) is 2.26. The normalized spacial score (nSPS) is 11.2. The van der Waals surface area contributed by atoms with Crippen LogP contribution < -0.4 is 5.43 Å². The Morgan fingerprint density at radius 3 is 2.62 bits per heavy atom. The van der Waals surface area contributed by atoms with Gasteiger partial charge in [0.05, 0.1) is 19.4 Å². The van der Waals surface area contributed by atoms with Crippen molar-refractivity contribution in [1.29, 1.82) is 0 Å². The topological polar surface area (TPSA) is 44.6 Å². The lowest BCUT2D eigenvalue weighted by molar-refractivity contribution is 0.294. The van der Waals surface area contributed by atoms with E-state index in [1.807, 2.05) is 23.9 Å². The van der Waals surface area contributed by atoms with Crippen molar-refractivity contribution in [3.63, 3.8) is 0 Å². The van der Waals surface area contributed by atoms with Crippen LogP contribution in [0.2, 0.25) is 0 Å². The smallest absolute Gasteiger partial charge is 0.0620 e. The number of hydrogen-bond donors (Lipinski definition) is 2. The molecule has 0 bridgehead atoms. The molecule has 0 aliphatic carbocycles. The summed E-state index contributed by atoms with van der Waals surface area (Å²) in [6.45, 7) is 4.94. The van der Waals surface area contributed by atoms with Gasteiger partial charge in [-0.2, -0.15) is 5.10 Å². The molecule has 0 unspecified atom stereocenters. The molecule has 0 aliphatic rings. The third kappa shape index (κ3) is 5.19. The van der Waals surface area contributed by atoms with Crippen LogP contribution in [0.1, 0.15) is 19.4 Å². The van der Waals surface area contributed by atoms with E-state index in [0.717, 1.165) is 5.56 Å². The van der Waals surface area contributed by atoms with Gasteiger partial charge in [-0.15, -0.1) is 11.8 Å². The molecule has 0 heterocycles. The van der Waals surface area contributed by atoms with E-state index in [1.165, 1.54) is 4.90 Å². The van der Waals surface area contributed by atoms with E-state index in [2.05, 4.69) is 36.5 Å². The minimum absolute atomic E-state index is 0.0985. The number of nitrogens with one attached hydrogen (secondary N) is 1. The fraction of sp³-hybridized carbons (Fsp3) is 0.417. The molecule has 1 aromatic carbocycles. The van der Waals surface area contributed by atoms with Crippen molar-refractivity contribution in [3.8, 4) is 0 Å². The molecule has 0 aromatic heterocycles. The van der Waals surface area contributed by atoms with Crippen LogP contribution in [0.4, 0.5) is 0 Å². The molecule has 0 amide bonds. The van der Waals surface area contributed by atoms with Crippen LogP contribution in [-0.2, 0) is 0 Å².